The van der Waals surface area contributed by atoms with E-state index in [-0.39, 0.29) is 6.10 Å². The zero-order valence-corrected chi connectivity index (χ0v) is 11.6. The molecular weight excluding hydrogens is 226 g/mol. The Bertz CT molecular complexity index is 324. The summed E-state index contributed by atoms with van der Waals surface area (Å²) in [5.74, 6) is 0.887. The zero-order chi connectivity index (χ0) is 13.4. The molecule has 2 atom stereocenters. The van der Waals surface area contributed by atoms with E-state index in [1.54, 1.807) is 7.11 Å². The Morgan fingerprint density at radius 2 is 1.94 bits per heavy atom. The lowest BCUT2D eigenvalue weighted by molar-refractivity contribution is 0.157. The molecule has 0 spiro atoms. The van der Waals surface area contributed by atoms with Crippen LogP contribution in [0.5, 0.6) is 5.75 Å². The number of ether oxygens (including phenoxy) is 1. The molecule has 1 rings (SSSR count). The van der Waals surface area contributed by atoms with E-state index in [0.29, 0.717) is 12.6 Å². The lowest BCUT2D eigenvalue weighted by atomic mass is 10.1. The van der Waals surface area contributed by atoms with E-state index in [0.717, 1.165) is 25.0 Å². The van der Waals surface area contributed by atoms with Crippen LogP contribution in [0.1, 0.15) is 32.3 Å². The molecule has 0 aromatic heterocycles. The lowest BCUT2D eigenvalue weighted by Crippen LogP contribution is -2.34. The predicted octanol–water partition coefficient (Wildman–Crippen LogP) is 2.38. The molecule has 0 radical (unpaired) electrons. The Labute approximate surface area is 110 Å². The minimum Gasteiger partial charge on any atom is -0.497 e. The third-order valence-corrected chi connectivity index (χ3v) is 3.02. The van der Waals surface area contributed by atoms with E-state index in [1.807, 2.05) is 12.1 Å². The van der Waals surface area contributed by atoms with Gasteiger partial charge in [-0.15, -0.1) is 0 Å². The molecule has 0 aliphatic carbocycles. The monoisotopic (exact) mass is 251 g/mol. The molecule has 2 N–H and O–H groups in total. The van der Waals surface area contributed by atoms with Crippen LogP contribution in [0, 0.1) is 0 Å². The van der Waals surface area contributed by atoms with Crippen molar-refractivity contribution in [1.29, 1.82) is 0 Å². The average molecular weight is 251 g/mol. The van der Waals surface area contributed by atoms with Crippen LogP contribution >= 0.6 is 0 Å². The normalized spacial score (nSPS) is 14.2. The van der Waals surface area contributed by atoms with Gasteiger partial charge in [-0.3, -0.25) is 0 Å². The molecule has 1 aromatic rings. The fourth-order valence-corrected chi connectivity index (χ4v) is 1.96. The van der Waals surface area contributed by atoms with Crippen molar-refractivity contribution < 1.29 is 9.84 Å². The van der Waals surface area contributed by atoms with Crippen molar-refractivity contribution in [3.8, 4) is 5.75 Å². The fourth-order valence-electron chi connectivity index (χ4n) is 1.96. The van der Waals surface area contributed by atoms with Crippen molar-refractivity contribution in [2.24, 2.45) is 0 Å². The van der Waals surface area contributed by atoms with Crippen molar-refractivity contribution in [2.75, 3.05) is 13.7 Å². The van der Waals surface area contributed by atoms with Crippen LogP contribution in [0.4, 0.5) is 0 Å². The molecule has 18 heavy (non-hydrogen) atoms. The summed E-state index contributed by atoms with van der Waals surface area (Å²) in [4.78, 5) is 0. The molecular formula is C15H25NO2. The molecule has 1 aromatic carbocycles. The highest BCUT2D eigenvalue weighted by atomic mass is 16.5. The molecule has 0 aliphatic heterocycles. The molecule has 0 saturated heterocycles. The molecule has 0 amide bonds. The highest BCUT2D eigenvalue weighted by Crippen LogP contribution is 2.12. The first-order valence-corrected chi connectivity index (χ1v) is 6.70. The topological polar surface area (TPSA) is 41.5 Å². The summed E-state index contributed by atoms with van der Waals surface area (Å²) in [6, 6.07) is 8.49. The summed E-state index contributed by atoms with van der Waals surface area (Å²) < 4.78 is 5.13. The zero-order valence-electron chi connectivity index (χ0n) is 11.6. The summed E-state index contributed by atoms with van der Waals surface area (Å²) >= 11 is 0. The summed E-state index contributed by atoms with van der Waals surface area (Å²) in [7, 11) is 1.67. The molecule has 2 unspecified atom stereocenters. The maximum atomic E-state index is 9.65. The van der Waals surface area contributed by atoms with E-state index < -0.39 is 0 Å². The van der Waals surface area contributed by atoms with E-state index in [2.05, 4.69) is 31.3 Å². The van der Waals surface area contributed by atoms with E-state index in [1.165, 1.54) is 5.56 Å². The minimum atomic E-state index is -0.228. The van der Waals surface area contributed by atoms with Gasteiger partial charge in [0.1, 0.15) is 5.75 Å². The van der Waals surface area contributed by atoms with Gasteiger partial charge >= 0.3 is 0 Å². The number of benzene rings is 1. The van der Waals surface area contributed by atoms with Gasteiger partial charge in [-0.05, 0) is 37.5 Å². The molecule has 3 nitrogen and oxygen atoms in total. The second-order valence-corrected chi connectivity index (χ2v) is 4.80. The molecule has 0 aliphatic rings. The highest BCUT2D eigenvalue weighted by Gasteiger charge is 2.07. The summed E-state index contributed by atoms with van der Waals surface area (Å²) in [5, 5.41) is 13.0. The van der Waals surface area contributed by atoms with E-state index in [9.17, 15) is 5.11 Å². The number of nitrogens with one attached hydrogen (secondary N) is 1. The average Bonchev–Trinajstić information content (AvgIpc) is 2.38. The van der Waals surface area contributed by atoms with Crippen molar-refractivity contribution in [3.63, 3.8) is 0 Å². The molecule has 0 heterocycles. The van der Waals surface area contributed by atoms with Crippen molar-refractivity contribution in [3.05, 3.63) is 29.8 Å². The second kappa shape index (κ2) is 8.11. The Morgan fingerprint density at radius 1 is 1.28 bits per heavy atom. The summed E-state index contributed by atoms with van der Waals surface area (Å²) in [6.45, 7) is 4.90. The Balaban J connectivity index is 2.32. The fraction of sp³-hybridized carbons (Fsp3) is 0.600. The number of aliphatic hydroxyl groups is 1. The van der Waals surface area contributed by atoms with Gasteiger partial charge in [-0.2, -0.15) is 0 Å². The SMILES string of the molecule is CCCC(O)CNC(C)Cc1ccc(OC)cc1. The Kier molecular flexibility index (Phi) is 6.76. The molecule has 0 saturated carbocycles. The maximum absolute atomic E-state index is 9.65. The van der Waals surface area contributed by atoms with Crippen LogP contribution in [0.2, 0.25) is 0 Å². The van der Waals surface area contributed by atoms with Gasteiger partial charge in [0.15, 0.2) is 0 Å². The largest absolute Gasteiger partial charge is 0.497 e. The van der Waals surface area contributed by atoms with Gasteiger partial charge in [0.25, 0.3) is 0 Å². The first-order chi connectivity index (χ1) is 8.65. The van der Waals surface area contributed by atoms with Crippen molar-refractivity contribution in [1.82, 2.24) is 5.32 Å². The predicted molar refractivity (Wildman–Crippen MR) is 75.1 cm³/mol. The number of hydrogen-bond acceptors (Lipinski definition) is 3. The quantitative estimate of drug-likeness (QED) is 0.745. The molecule has 0 bridgehead atoms. The smallest absolute Gasteiger partial charge is 0.118 e. The van der Waals surface area contributed by atoms with E-state index >= 15 is 0 Å². The molecule has 102 valence electrons. The van der Waals surface area contributed by atoms with Crippen molar-refractivity contribution in [2.45, 2.75) is 45.3 Å². The number of methoxy groups -OCH3 is 1. The van der Waals surface area contributed by atoms with Gasteiger partial charge in [0.2, 0.25) is 0 Å². The van der Waals surface area contributed by atoms with Crippen LogP contribution in [0.3, 0.4) is 0 Å². The second-order valence-electron chi connectivity index (χ2n) is 4.80. The van der Waals surface area contributed by atoms with Gasteiger partial charge in [0, 0.05) is 12.6 Å². The first-order valence-electron chi connectivity index (χ1n) is 6.70. The van der Waals surface area contributed by atoms with Crippen molar-refractivity contribution >= 4 is 0 Å². The maximum Gasteiger partial charge on any atom is 0.118 e. The van der Waals surface area contributed by atoms with Gasteiger partial charge in [-0.1, -0.05) is 25.5 Å². The van der Waals surface area contributed by atoms with Crippen LogP contribution in [-0.4, -0.2) is 30.9 Å². The van der Waals surface area contributed by atoms with Gasteiger partial charge in [-0.25, -0.2) is 0 Å². The molecule has 3 heteroatoms. The van der Waals surface area contributed by atoms with Crippen LogP contribution in [0.25, 0.3) is 0 Å². The Morgan fingerprint density at radius 3 is 2.50 bits per heavy atom. The number of hydrogen-bond donors (Lipinski definition) is 2. The minimum absolute atomic E-state index is 0.228. The van der Waals surface area contributed by atoms with Crippen LogP contribution < -0.4 is 10.1 Å². The standard InChI is InChI=1S/C15H25NO2/c1-4-5-14(17)11-16-12(2)10-13-6-8-15(18-3)9-7-13/h6-9,12,14,16-17H,4-5,10-11H2,1-3H3. The first kappa shape index (κ1) is 15.0. The van der Waals surface area contributed by atoms with E-state index in [4.69, 9.17) is 4.74 Å². The summed E-state index contributed by atoms with van der Waals surface area (Å²) in [6.07, 6.45) is 2.62. The Hall–Kier alpha value is -1.06. The summed E-state index contributed by atoms with van der Waals surface area (Å²) in [5.41, 5.74) is 1.28. The lowest BCUT2D eigenvalue weighted by Gasteiger charge is -2.17. The number of rotatable bonds is 8. The highest BCUT2D eigenvalue weighted by molar-refractivity contribution is 5.27. The third-order valence-electron chi connectivity index (χ3n) is 3.02. The van der Waals surface area contributed by atoms with Gasteiger partial charge in [0.05, 0.1) is 13.2 Å². The third kappa shape index (κ3) is 5.52. The van der Waals surface area contributed by atoms with Crippen LogP contribution in [0.15, 0.2) is 24.3 Å². The van der Waals surface area contributed by atoms with Gasteiger partial charge < -0.3 is 15.2 Å². The number of aliphatic hydroxyl groups excluding tert-OH is 1. The van der Waals surface area contributed by atoms with Crippen LogP contribution in [-0.2, 0) is 6.42 Å². The molecule has 0 fully saturated rings.